The van der Waals surface area contributed by atoms with E-state index in [2.05, 4.69) is 6.92 Å². The van der Waals surface area contributed by atoms with E-state index in [1.165, 1.54) is 0 Å². The van der Waals surface area contributed by atoms with Crippen LogP contribution in [-0.4, -0.2) is 35.5 Å². The number of hydrogen-bond donors (Lipinski definition) is 2. The lowest BCUT2D eigenvalue weighted by Gasteiger charge is -2.36. The van der Waals surface area contributed by atoms with Gasteiger partial charge in [-0.05, 0) is 49.4 Å². The maximum atomic E-state index is 12.4. The minimum atomic E-state index is -0.0946. The van der Waals surface area contributed by atoms with Gasteiger partial charge in [0, 0.05) is 13.1 Å². The topological polar surface area (TPSA) is 66.6 Å². The summed E-state index contributed by atoms with van der Waals surface area (Å²) in [6, 6.07) is 5.17. The molecule has 0 saturated carbocycles. The summed E-state index contributed by atoms with van der Waals surface area (Å²) in [6.45, 7) is 6.10. The van der Waals surface area contributed by atoms with E-state index in [1.807, 2.05) is 17.9 Å². The smallest absolute Gasteiger partial charge is 0.257 e. The van der Waals surface area contributed by atoms with Crippen LogP contribution in [0.15, 0.2) is 18.2 Å². The fourth-order valence-electron chi connectivity index (χ4n) is 2.63. The van der Waals surface area contributed by atoms with Crippen molar-refractivity contribution in [3.63, 3.8) is 0 Å². The number of carbonyl (C=O) groups excluding carboxylic acids is 1. The minimum Gasteiger partial charge on any atom is -0.507 e. The van der Waals surface area contributed by atoms with Crippen LogP contribution >= 0.6 is 0 Å². The third-order valence-electron chi connectivity index (χ3n) is 4.09. The lowest BCUT2D eigenvalue weighted by molar-refractivity contribution is 0.0615. The molecular formula is C15H22N2O2. The normalized spacial score (nSPS) is 23.4. The Balaban J connectivity index is 2.15. The number of aromatic hydroxyl groups is 1. The molecule has 1 amide bonds. The van der Waals surface area contributed by atoms with E-state index in [-0.39, 0.29) is 11.7 Å². The van der Waals surface area contributed by atoms with Crippen molar-refractivity contribution >= 4 is 5.91 Å². The minimum absolute atomic E-state index is 0.0629. The van der Waals surface area contributed by atoms with Crippen molar-refractivity contribution in [2.24, 2.45) is 17.6 Å². The predicted octanol–water partition coefficient (Wildman–Crippen LogP) is 1.76. The van der Waals surface area contributed by atoms with Crippen molar-refractivity contribution < 1.29 is 9.90 Å². The molecule has 4 nitrogen and oxygen atoms in total. The first-order chi connectivity index (χ1) is 9.02. The number of amides is 1. The van der Waals surface area contributed by atoms with Gasteiger partial charge in [-0.15, -0.1) is 0 Å². The Kier molecular flexibility index (Phi) is 4.10. The average molecular weight is 262 g/mol. The molecule has 2 rings (SSSR count). The van der Waals surface area contributed by atoms with Gasteiger partial charge in [0.25, 0.3) is 5.91 Å². The second-order valence-corrected chi connectivity index (χ2v) is 5.53. The molecule has 19 heavy (non-hydrogen) atoms. The first-order valence-corrected chi connectivity index (χ1v) is 6.82. The molecular weight excluding hydrogens is 240 g/mol. The first kappa shape index (κ1) is 13.9. The number of carbonyl (C=O) groups is 1. The standard InChI is InChI=1S/C15H22N2O2/c1-10-3-4-13(14(18)7-10)15(19)17-6-5-11(2)12(8-16)9-17/h3-4,7,11-12,18H,5-6,8-9,16H2,1-2H3. The molecule has 1 aliphatic heterocycles. The van der Waals surface area contributed by atoms with E-state index < -0.39 is 0 Å². The summed E-state index contributed by atoms with van der Waals surface area (Å²) in [5.74, 6) is 0.877. The van der Waals surface area contributed by atoms with Crippen LogP contribution in [0.1, 0.15) is 29.3 Å². The molecule has 1 aliphatic rings. The predicted molar refractivity (Wildman–Crippen MR) is 75.1 cm³/mol. The second-order valence-electron chi connectivity index (χ2n) is 5.53. The van der Waals surface area contributed by atoms with Crippen molar-refractivity contribution in [2.45, 2.75) is 20.3 Å². The van der Waals surface area contributed by atoms with Crippen molar-refractivity contribution in [3.05, 3.63) is 29.3 Å². The number of likely N-dealkylation sites (tertiary alicyclic amines) is 1. The second kappa shape index (κ2) is 5.61. The maximum Gasteiger partial charge on any atom is 0.257 e. The lowest BCUT2D eigenvalue weighted by atomic mass is 9.87. The number of nitrogens with zero attached hydrogens (tertiary/aromatic N) is 1. The highest BCUT2D eigenvalue weighted by Gasteiger charge is 2.29. The number of piperidine rings is 1. The van der Waals surface area contributed by atoms with E-state index in [0.717, 1.165) is 18.5 Å². The van der Waals surface area contributed by atoms with Crippen LogP contribution in [0.4, 0.5) is 0 Å². The van der Waals surface area contributed by atoms with Crippen molar-refractivity contribution in [1.29, 1.82) is 0 Å². The fourth-order valence-corrected chi connectivity index (χ4v) is 2.63. The van der Waals surface area contributed by atoms with Gasteiger partial charge in [0.15, 0.2) is 0 Å². The fraction of sp³-hybridized carbons (Fsp3) is 0.533. The molecule has 1 aromatic carbocycles. The Morgan fingerprint density at radius 3 is 2.89 bits per heavy atom. The molecule has 2 atom stereocenters. The monoisotopic (exact) mass is 262 g/mol. The van der Waals surface area contributed by atoms with Gasteiger partial charge in [-0.1, -0.05) is 13.0 Å². The molecule has 104 valence electrons. The van der Waals surface area contributed by atoms with Gasteiger partial charge in [-0.25, -0.2) is 0 Å². The van der Waals surface area contributed by atoms with Crippen LogP contribution in [0.25, 0.3) is 0 Å². The van der Waals surface area contributed by atoms with Crippen molar-refractivity contribution in [1.82, 2.24) is 4.90 Å². The summed E-state index contributed by atoms with van der Waals surface area (Å²) in [6.07, 6.45) is 0.972. The lowest BCUT2D eigenvalue weighted by Crippen LogP contribution is -2.45. The Morgan fingerprint density at radius 1 is 1.53 bits per heavy atom. The third kappa shape index (κ3) is 2.89. The quantitative estimate of drug-likeness (QED) is 0.853. The van der Waals surface area contributed by atoms with E-state index in [1.54, 1.807) is 12.1 Å². The number of phenols is 1. The molecule has 1 heterocycles. The average Bonchev–Trinajstić information content (AvgIpc) is 2.38. The molecule has 0 bridgehead atoms. The SMILES string of the molecule is Cc1ccc(C(=O)N2CCC(C)C(CN)C2)c(O)c1. The van der Waals surface area contributed by atoms with Gasteiger partial charge in [-0.3, -0.25) is 4.79 Å². The number of hydrogen-bond acceptors (Lipinski definition) is 3. The van der Waals surface area contributed by atoms with Crippen LogP contribution in [-0.2, 0) is 0 Å². The molecule has 4 heteroatoms. The van der Waals surface area contributed by atoms with Gasteiger partial charge in [0.05, 0.1) is 5.56 Å². The van der Waals surface area contributed by atoms with Crippen LogP contribution in [0.5, 0.6) is 5.75 Å². The van der Waals surface area contributed by atoms with Crippen molar-refractivity contribution in [2.75, 3.05) is 19.6 Å². The Bertz CT molecular complexity index is 473. The maximum absolute atomic E-state index is 12.4. The van der Waals surface area contributed by atoms with Gasteiger partial charge >= 0.3 is 0 Å². The molecule has 0 aliphatic carbocycles. The number of rotatable bonds is 2. The first-order valence-electron chi connectivity index (χ1n) is 6.82. The van der Waals surface area contributed by atoms with Crippen LogP contribution in [0.3, 0.4) is 0 Å². The number of phenolic OH excluding ortho intramolecular Hbond substituents is 1. The van der Waals surface area contributed by atoms with E-state index in [4.69, 9.17) is 5.73 Å². The molecule has 0 spiro atoms. The largest absolute Gasteiger partial charge is 0.507 e. The Labute approximate surface area is 114 Å². The highest BCUT2D eigenvalue weighted by atomic mass is 16.3. The van der Waals surface area contributed by atoms with E-state index >= 15 is 0 Å². The summed E-state index contributed by atoms with van der Waals surface area (Å²) >= 11 is 0. The highest BCUT2D eigenvalue weighted by molar-refractivity contribution is 5.97. The summed E-state index contributed by atoms with van der Waals surface area (Å²) in [5, 5.41) is 9.90. The molecule has 1 fully saturated rings. The highest BCUT2D eigenvalue weighted by Crippen LogP contribution is 2.26. The van der Waals surface area contributed by atoms with Crippen LogP contribution < -0.4 is 5.73 Å². The van der Waals surface area contributed by atoms with Gasteiger partial charge in [-0.2, -0.15) is 0 Å². The van der Waals surface area contributed by atoms with E-state index in [9.17, 15) is 9.90 Å². The molecule has 0 radical (unpaired) electrons. The summed E-state index contributed by atoms with van der Waals surface area (Å²) in [4.78, 5) is 14.2. The van der Waals surface area contributed by atoms with Gasteiger partial charge in [0.2, 0.25) is 0 Å². The molecule has 1 aromatic rings. The van der Waals surface area contributed by atoms with Crippen LogP contribution in [0.2, 0.25) is 0 Å². The summed E-state index contributed by atoms with van der Waals surface area (Å²) < 4.78 is 0. The summed E-state index contributed by atoms with van der Waals surface area (Å²) in [7, 11) is 0. The zero-order valence-electron chi connectivity index (χ0n) is 11.6. The summed E-state index contributed by atoms with van der Waals surface area (Å²) in [5.41, 5.74) is 7.09. The van der Waals surface area contributed by atoms with Gasteiger partial charge < -0.3 is 15.7 Å². The molecule has 2 unspecified atom stereocenters. The number of benzene rings is 1. The van der Waals surface area contributed by atoms with Gasteiger partial charge in [0.1, 0.15) is 5.75 Å². The number of nitrogens with two attached hydrogens (primary N) is 1. The van der Waals surface area contributed by atoms with E-state index in [0.29, 0.717) is 30.5 Å². The third-order valence-corrected chi connectivity index (χ3v) is 4.09. The zero-order chi connectivity index (χ0) is 14.0. The number of aryl methyl sites for hydroxylation is 1. The molecule has 1 saturated heterocycles. The van der Waals surface area contributed by atoms with Crippen LogP contribution in [0, 0.1) is 18.8 Å². The molecule has 0 aromatic heterocycles. The Hall–Kier alpha value is -1.55. The Morgan fingerprint density at radius 2 is 2.26 bits per heavy atom. The van der Waals surface area contributed by atoms with Crippen molar-refractivity contribution in [3.8, 4) is 5.75 Å². The zero-order valence-corrected chi connectivity index (χ0v) is 11.6. The molecule has 3 N–H and O–H groups in total.